The summed E-state index contributed by atoms with van der Waals surface area (Å²) in [5.74, 6) is -0.0430. The number of hydrogen-bond donors (Lipinski definition) is 2. The highest BCUT2D eigenvalue weighted by atomic mass is 32.2. The number of likely N-dealkylation sites (tertiary alicyclic amines) is 1. The van der Waals surface area contributed by atoms with E-state index in [0.717, 1.165) is 32.4 Å². The molecule has 1 aromatic carbocycles. The molecule has 0 spiro atoms. The Morgan fingerprint density at radius 3 is 2.71 bits per heavy atom. The van der Waals surface area contributed by atoms with Gasteiger partial charge < -0.3 is 15.2 Å². The first-order valence-electron chi connectivity index (χ1n) is 12.4. The van der Waals surface area contributed by atoms with Gasteiger partial charge in [-0.05, 0) is 69.7 Å². The zero-order chi connectivity index (χ0) is 24.3. The Morgan fingerprint density at radius 2 is 1.94 bits per heavy atom. The molecule has 9 heteroatoms. The van der Waals surface area contributed by atoms with Gasteiger partial charge in [0.15, 0.2) is 0 Å². The van der Waals surface area contributed by atoms with Crippen molar-refractivity contribution in [2.75, 3.05) is 32.7 Å². The van der Waals surface area contributed by atoms with Crippen LogP contribution in [0.5, 0.6) is 0 Å². The maximum absolute atomic E-state index is 13.3. The summed E-state index contributed by atoms with van der Waals surface area (Å²) >= 11 is 0. The van der Waals surface area contributed by atoms with Crippen LogP contribution in [0.1, 0.15) is 62.7 Å². The van der Waals surface area contributed by atoms with E-state index in [0.29, 0.717) is 42.5 Å². The van der Waals surface area contributed by atoms with Crippen molar-refractivity contribution in [3.8, 4) is 0 Å². The fourth-order valence-corrected chi connectivity index (χ4v) is 6.79. The van der Waals surface area contributed by atoms with Crippen molar-refractivity contribution < 1.29 is 13.2 Å². The van der Waals surface area contributed by atoms with Crippen LogP contribution in [0, 0.1) is 5.92 Å². The number of carbonyl (C=O) groups excluding carboxylic acids is 1. The lowest BCUT2D eigenvalue weighted by Crippen LogP contribution is -2.39. The second kappa shape index (κ2) is 10.6. The van der Waals surface area contributed by atoms with Gasteiger partial charge in [-0.25, -0.2) is 8.42 Å². The number of pyridine rings is 1. The van der Waals surface area contributed by atoms with Gasteiger partial charge in [0.1, 0.15) is 0 Å². The first-order valence-corrected chi connectivity index (χ1v) is 13.9. The van der Waals surface area contributed by atoms with Crippen molar-refractivity contribution in [1.29, 1.82) is 0 Å². The summed E-state index contributed by atoms with van der Waals surface area (Å²) in [5.41, 5.74) is 0.264. The number of nitrogens with one attached hydrogen (secondary N) is 2. The lowest BCUT2D eigenvalue weighted by molar-refractivity contribution is 0.0950. The highest BCUT2D eigenvalue weighted by Gasteiger charge is 2.29. The molecule has 8 nitrogen and oxygen atoms in total. The Balaban J connectivity index is 1.51. The highest BCUT2D eigenvalue weighted by Crippen LogP contribution is 2.26. The third-order valence-electron chi connectivity index (χ3n) is 7.16. The minimum atomic E-state index is -3.67. The van der Waals surface area contributed by atoms with Gasteiger partial charge in [0.05, 0.1) is 10.5 Å². The van der Waals surface area contributed by atoms with E-state index in [1.165, 1.54) is 41.8 Å². The quantitative estimate of drug-likeness (QED) is 0.584. The lowest BCUT2D eigenvalue weighted by atomic mass is 10.0. The van der Waals surface area contributed by atoms with E-state index in [1.54, 1.807) is 6.07 Å². The average Bonchev–Trinajstić information content (AvgIpc) is 2.82. The van der Waals surface area contributed by atoms with Gasteiger partial charge in [0.2, 0.25) is 15.6 Å². The summed E-state index contributed by atoms with van der Waals surface area (Å²) < 4.78 is 28.0. The number of H-pyrrole nitrogens is 1. The van der Waals surface area contributed by atoms with E-state index in [2.05, 4.69) is 29.0 Å². The number of hydrogen-bond acceptors (Lipinski definition) is 5. The Morgan fingerprint density at radius 1 is 1.12 bits per heavy atom. The van der Waals surface area contributed by atoms with E-state index in [4.69, 9.17) is 0 Å². The van der Waals surface area contributed by atoms with Gasteiger partial charge in [-0.15, -0.1) is 0 Å². The van der Waals surface area contributed by atoms with Gasteiger partial charge in [-0.1, -0.05) is 13.3 Å². The first-order chi connectivity index (χ1) is 16.3. The number of nitrogens with zero attached hydrogens (tertiary/aromatic N) is 2. The predicted octanol–water partition coefficient (Wildman–Crippen LogP) is 2.94. The van der Waals surface area contributed by atoms with Crippen LogP contribution >= 0.6 is 0 Å². The molecule has 2 aromatic rings. The van der Waals surface area contributed by atoms with E-state index in [1.807, 2.05) is 0 Å². The van der Waals surface area contributed by atoms with Crippen molar-refractivity contribution in [2.45, 2.75) is 63.3 Å². The number of aromatic amines is 1. The normalized spacial score (nSPS) is 22.6. The van der Waals surface area contributed by atoms with Crippen LogP contribution in [-0.4, -0.2) is 67.3 Å². The molecule has 2 N–H and O–H groups in total. The van der Waals surface area contributed by atoms with Crippen LogP contribution < -0.4 is 10.9 Å². The number of aromatic nitrogens is 1. The van der Waals surface area contributed by atoms with Gasteiger partial charge in [-0.2, -0.15) is 4.31 Å². The molecular weight excluding hydrogens is 452 g/mol. The largest absolute Gasteiger partial charge is 0.352 e. The molecule has 1 amide bonds. The van der Waals surface area contributed by atoms with Crippen molar-refractivity contribution in [3.63, 3.8) is 0 Å². The number of rotatable bonds is 7. The maximum atomic E-state index is 13.3. The van der Waals surface area contributed by atoms with E-state index < -0.39 is 10.0 Å². The minimum absolute atomic E-state index is 0.147. The van der Waals surface area contributed by atoms with Crippen LogP contribution in [0.15, 0.2) is 34.0 Å². The van der Waals surface area contributed by atoms with Crippen LogP contribution in [0.2, 0.25) is 0 Å². The average molecular weight is 489 g/mol. The molecule has 2 atom stereocenters. The van der Waals surface area contributed by atoms with Crippen molar-refractivity contribution in [2.24, 2.45) is 5.92 Å². The molecule has 0 unspecified atom stereocenters. The third-order valence-corrected chi connectivity index (χ3v) is 9.03. The highest BCUT2D eigenvalue weighted by molar-refractivity contribution is 7.89. The second-order valence-corrected chi connectivity index (χ2v) is 11.8. The van der Waals surface area contributed by atoms with Crippen LogP contribution in [0.4, 0.5) is 0 Å². The zero-order valence-corrected chi connectivity index (χ0v) is 21.0. The summed E-state index contributed by atoms with van der Waals surface area (Å²) in [5, 5.41) is 3.36. The summed E-state index contributed by atoms with van der Waals surface area (Å²) in [6, 6.07) is 6.43. The molecule has 4 rings (SSSR count). The number of fused-ring (bicyclic) bond motifs is 1. The molecule has 2 fully saturated rings. The van der Waals surface area contributed by atoms with Crippen molar-refractivity contribution in [1.82, 2.24) is 19.5 Å². The van der Waals surface area contributed by atoms with Gasteiger partial charge in [0.25, 0.3) is 5.91 Å². The fraction of sp³-hybridized carbons (Fsp3) is 0.600. The molecule has 186 valence electrons. The SMILES string of the molecule is C[C@H]1CCCN(S(=O)(=O)c2ccc3[nH]c(=O)cc(C(=O)NCCCN4CCCC[C@H]4C)c3c2)C1. The Bertz CT molecular complexity index is 1190. The first kappa shape index (κ1) is 24.9. The number of carbonyl (C=O) groups is 1. The maximum Gasteiger partial charge on any atom is 0.252 e. The summed E-state index contributed by atoms with van der Waals surface area (Å²) in [6.07, 6.45) is 6.39. The second-order valence-electron chi connectivity index (χ2n) is 9.86. The molecule has 3 heterocycles. The molecule has 1 aromatic heterocycles. The fourth-order valence-electron chi connectivity index (χ4n) is 5.16. The Hall–Kier alpha value is -2.23. The van der Waals surface area contributed by atoms with Gasteiger partial charge in [0, 0.05) is 49.2 Å². The molecule has 0 radical (unpaired) electrons. The molecule has 2 aliphatic rings. The monoisotopic (exact) mass is 488 g/mol. The smallest absolute Gasteiger partial charge is 0.252 e. The van der Waals surface area contributed by atoms with Crippen molar-refractivity contribution in [3.05, 3.63) is 40.2 Å². The predicted molar refractivity (Wildman–Crippen MR) is 134 cm³/mol. The standard InChI is InChI=1S/C25H36N4O4S/c1-18-7-5-14-29(17-18)34(32,33)20-9-10-23-21(15-20)22(16-24(30)27-23)25(31)26-11-6-13-28-12-4-3-8-19(28)2/h9-10,15-16,18-19H,3-8,11-14,17H2,1-2H3,(H,26,31)(H,27,30)/t18-,19+/m0/s1. The summed E-state index contributed by atoms with van der Waals surface area (Å²) in [7, 11) is -3.67. The van der Waals surface area contributed by atoms with E-state index in [-0.39, 0.29) is 21.9 Å². The number of amides is 1. The zero-order valence-electron chi connectivity index (χ0n) is 20.2. The number of benzene rings is 1. The number of sulfonamides is 1. The molecule has 0 bridgehead atoms. The van der Waals surface area contributed by atoms with Crippen LogP contribution in [0.25, 0.3) is 10.9 Å². The summed E-state index contributed by atoms with van der Waals surface area (Å²) in [6.45, 7) is 7.82. The molecule has 0 aliphatic carbocycles. The molecule has 34 heavy (non-hydrogen) atoms. The minimum Gasteiger partial charge on any atom is -0.352 e. The Labute approximate surface area is 201 Å². The molecule has 2 saturated heterocycles. The van der Waals surface area contributed by atoms with Crippen molar-refractivity contribution >= 4 is 26.8 Å². The topological polar surface area (TPSA) is 103 Å². The van der Waals surface area contributed by atoms with Gasteiger partial charge >= 0.3 is 0 Å². The van der Waals surface area contributed by atoms with E-state index >= 15 is 0 Å². The van der Waals surface area contributed by atoms with Gasteiger partial charge in [-0.3, -0.25) is 9.59 Å². The van der Waals surface area contributed by atoms with Crippen LogP contribution in [0.3, 0.4) is 0 Å². The van der Waals surface area contributed by atoms with E-state index in [9.17, 15) is 18.0 Å². The lowest BCUT2D eigenvalue weighted by Gasteiger charge is -2.33. The molecule has 2 aliphatic heterocycles. The summed E-state index contributed by atoms with van der Waals surface area (Å²) in [4.78, 5) is 30.5. The number of piperidine rings is 2. The third kappa shape index (κ3) is 5.53. The molecular formula is C25H36N4O4S. The molecule has 0 saturated carbocycles. The van der Waals surface area contributed by atoms with Crippen LogP contribution in [-0.2, 0) is 10.0 Å². The Kier molecular flexibility index (Phi) is 7.74.